The average molecular weight is 474 g/mol. The Morgan fingerprint density at radius 3 is 2.63 bits per heavy atom. The van der Waals surface area contributed by atoms with E-state index in [1.54, 1.807) is 6.20 Å². The molecule has 1 saturated heterocycles. The zero-order valence-electron chi connectivity index (χ0n) is 14.9. The van der Waals surface area contributed by atoms with Crippen LogP contribution >= 0.6 is 22.6 Å². The number of anilines is 2. The number of carbonyl (C=O) groups is 1. The zero-order valence-corrected chi connectivity index (χ0v) is 17.1. The molecule has 1 aliphatic heterocycles. The first-order valence-electron chi connectivity index (χ1n) is 8.78. The first kappa shape index (κ1) is 18.1. The topological polar surface area (TPSA) is 67.4 Å². The second-order valence-corrected chi connectivity index (χ2v) is 7.65. The predicted octanol–water partition coefficient (Wildman–Crippen LogP) is 3.76. The molecule has 1 N–H and O–H groups in total. The van der Waals surface area contributed by atoms with Crippen molar-refractivity contribution in [3.63, 3.8) is 0 Å². The zero-order chi connectivity index (χ0) is 18.8. The molecule has 0 unspecified atom stereocenters. The number of nitrogens with zero attached hydrogens (tertiary/aromatic N) is 3. The summed E-state index contributed by atoms with van der Waals surface area (Å²) in [6.07, 6.45) is 1.63. The molecule has 27 heavy (non-hydrogen) atoms. The molecule has 6 nitrogen and oxygen atoms in total. The third kappa shape index (κ3) is 3.89. The highest BCUT2D eigenvalue weighted by Crippen LogP contribution is 2.30. The van der Waals surface area contributed by atoms with Gasteiger partial charge >= 0.3 is 0 Å². The number of aryl methyl sites for hydroxylation is 1. The van der Waals surface area contributed by atoms with Gasteiger partial charge in [0.25, 0.3) is 5.91 Å². The number of ether oxygens (including phenoxy) is 1. The van der Waals surface area contributed by atoms with E-state index in [1.165, 1.54) is 0 Å². The van der Waals surface area contributed by atoms with Crippen LogP contribution in [0.5, 0.6) is 0 Å². The average Bonchev–Trinajstić information content (AvgIpc) is 2.70. The summed E-state index contributed by atoms with van der Waals surface area (Å²) >= 11 is 2.27. The lowest BCUT2D eigenvalue weighted by atomic mass is 10.1. The van der Waals surface area contributed by atoms with Crippen molar-refractivity contribution in [2.24, 2.45) is 0 Å². The number of hydrogen-bond donors (Lipinski definition) is 1. The highest BCUT2D eigenvalue weighted by Gasteiger charge is 2.23. The summed E-state index contributed by atoms with van der Waals surface area (Å²) in [4.78, 5) is 23.9. The summed E-state index contributed by atoms with van der Waals surface area (Å²) in [7, 11) is 0. The quantitative estimate of drug-likeness (QED) is 0.586. The molecule has 0 atom stereocenters. The molecule has 0 aliphatic carbocycles. The van der Waals surface area contributed by atoms with Gasteiger partial charge < -0.3 is 15.0 Å². The first-order chi connectivity index (χ1) is 13.1. The number of nitrogens with one attached hydrogen (secondary N) is 1. The van der Waals surface area contributed by atoms with E-state index in [1.807, 2.05) is 48.2 Å². The van der Waals surface area contributed by atoms with Crippen LogP contribution in [-0.4, -0.2) is 47.1 Å². The van der Waals surface area contributed by atoms with Crippen molar-refractivity contribution in [1.29, 1.82) is 0 Å². The Morgan fingerprint density at radius 1 is 1.15 bits per heavy atom. The molecule has 1 aliphatic rings. The minimum absolute atomic E-state index is 0.0405. The van der Waals surface area contributed by atoms with Gasteiger partial charge in [0.15, 0.2) is 5.65 Å². The summed E-state index contributed by atoms with van der Waals surface area (Å²) < 4.78 is 6.52. The molecule has 0 spiro atoms. The molecule has 1 amide bonds. The van der Waals surface area contributed by atoms with Gasteiger partial charge in [-0.2, -0.15) is 0 Å². The second kappa shape index (κ2) is 7.77. The van der Waals surface area contributed by atoms with Gasteiger partial charge in [-0.25, -0.2) is 9.97 Å². The number of morpholine rings is 1. The Labute approximate surface area is 171 Å². The number of fused-ring (bicyclic) bond motifs is 1. The molecular formula is C20H19IN4O2. The Balaban J connectivity index is 1.80. The van der Waals surface area contributed by atoms with Gasteiger partial charge in [0.1, 0.15) is 0 Å². The van der Waals surface area contributed by atoms with Crippen LogP contribution in [0.15, 0.2) is 42.6 Å². The highest BCUT2D eigenvalue weighted by molar-refractivity contribution is 14.1. The number of benzene rings is 1. The van der Waals surface area contributed by atoms with Crippen molar-refractivity contribution in [3.8, 4) is 0 Å². The molecule has 1 aromatic carbocycles. The van der Waals surface area contributed by atoms with E-state index in [4.69, 9.17) is 4.74 Å². The van der Waals surface area contributed by atoms with Gasteiger partial charge in [0.2, 0.25) is 0 Å². The highest BCUT2D eigenvalue weighted by atomic mass is 127. The summed E-state index contributed by atoms with van der Waals surface area (Å²) in [6.45, 7) is 4.24. The van der Waals surface area contributed by atoms with Gasteiger partial charge in [-0.15, -0.1) is 0 Å². The van der Waals surface area contributed by atoms with Crippen LogP contribution in [0.4, 0.5) is 11.4 Å². The van der Waals surface area contributed by atoms with Gasteiger partial charge in [-0.1, -0.05) is 0 Å². The maximum Gasteiger partial charge on any atom is 0.257 e. The fourth-order valence-corrected chi connectivity index (χ4v) is 3.44. The van der Waals surface area contributed by atoms with Crippen molar-refractivity contribution in [2.45, 2.75) is 6.92 Å². The molecule has 3 heterocycles. The van der Waals surface area contributed by atoms with Gasteiger partial charge in [-0.3, -0.25) is 4.79 Å². The van der Waals surface area contributed by atoms with E-state index >= 15 is 0 Å². The van der Waals surface area contributed by atoms with Crippen LogP contribution in [-0.2, 0) is 4.74 Å². The molecule has 0 saturated carbocycles. The monoisotopic (exact) mass is 474 g/mol. The van der Waals surface area contributed by atoms with Crippen molar-refractivity contribution in [2.75, 3.05) is 31.6 Å². The minimum atomic E-state index is -0.0405. The lowest BCUT2D eigenvalue weighted by Crippen LogP contribution is -2.41. The van der Waals surface area contributed by atoms with Gasteiger partial charge in [-0.05, 0) is 65.9 Å². The molecule has 1 fully saturated rings. The summed E-state index contributed by atoms with van der Waals surface area (Å²) in [5, 5.41) is 4.25. The molecule has 2 aromatic heterocycles. The number of pyridine rings is 2. The van der Waals surface area contributed by atoms with Crippen LogP contribution in [0.25, 0.3) is 11.0 Å². The molecule has 0 radical (unpaired) electrons. The third-order valence-corrected chi connectivity index (χ3v) is 5.23. The lowest BCUT2D eigenvalue weighted by molar-refractivity contribution is 0.0303. The van der Waals surface area contributed by atoms with Crippen molar-refractivity contribution in [3.05, 3.63) is 57.4 Å². The number of aromatic nitrogens is 2. The van der Waals surface area contributed by atoms with E-state index in [0.29, 0.717) is 37.5 Å². The van der Waals surface area contributed by atoms with E-state index in [2.05, 4.69) is 37.9 Å². The van der Waals surface area contributed by atoms with Crippen molar-refractivity contribution in [1.82, 2.24) is 14.9 Å². The largest absolute Gasteiger partial charge is 0.378 e. The summed E-state index contributed by atoms with van der Waals surface area (Å²) in [6, 6.07) is 12.0. The fourth-order valence-electron chi connectivity index (χ4n) is 3.08. The van der Waals surface area contributed by atoms with E-state index < -0.39 is 0 Å². The SMILES string of the molecule is Cc1ccc2c(Nc3ccc(I)cc3)c(C(=O)N3CCOCC3)cnc2n1. The Kier molecular flexibility index (Phi) is 5.22. The molecule has 3 aromatic rings. The predicted molar refractivity (Wildman–Crippen MR) is 113 cm³/mol. The lowest BCUT2D eigenvalue weighted by Gasteiger charge is -2.27. The molecule has 0 bridgehead atoms. The van der Waals surface area contributed by atoms with E-state index in [0.717, 1.165) is 26.0 Å². The van der Waals surface area contributed by atoms with Crippen molar-refractivity contribution < 1.29 is 9.53 Å². The van der Waals surface area contributed by atoms with Crippen LogP contribution in [0.2, 0.25) is 0 Å². The molecule has 7 heteroatoms. The van der Waals surface area contributed by atoms with Crippen LogP contribution in [0, 0.1) is 10.5 Å². The van der Waals surface area contributed by atoms with Crippen LogP contribution in [0.3, 0.4) is 0 Å². The molecule has 4 rings (SSSR count). The summed E-state index contributed by atoms with van der Waals surface area (Å²) in [5.41, 5.74) is 3.72. The van der Waals surface area contributed by atoms with E-state index in [9.17, 15) is 4.79 Å². The minimum Gasteiger partial charge on any atom is -0.378 e. The maximum absolute atomic E-state index is 13.1. The molecule has 138 valence electrons. The number of hydrogen-bond acceptors (Lipinski definition) is 5. The maximum atomic E-state index is 13.1. The Bertz CT molecular complexity index is 985. The van der Waals surface area contributed by atoms with Crippen molar-refractivity contribution >= 4 is 50.9 Å². The third-order valence-electron chi connectivity index (χ3n) is 4.51. The van der Waals surface area contributed by atoms with Crippen LogP contribution < -0.4 is 5.32 Å². The number of carbonyl (C=O) groups excluding carboxylic acids is 1. The standard InChI is InChI=1S/C20H19IN4O2/c1-13-2-7-16-18(24-15-5-3-14(21)4-6-15)17(12-22-19(16)23-13)20(26)25-8-10-27-11-9-25/h2-7,12H,8-11H2,1H3,(H,22,23,24). The number of amides is 1. The van der Waals surface area contributed by atoms with Gasteiger partial charge in [0.05, 0.1) is 24.5 Å². The Morgan fingerprint density at radius 2 is 1.89 bits per heavy atom. The first-order valence-corrected chi connectivity index (χ1v) is 9.86. The van der Waals surface area contributed by atoms with Crippen LogP contribution in [0.1, 0.15) is 16.1 Å². The fraction of sp³-hybridized carbons (Fsp3) is 0.250. The Hall–Kier alpha value is -2.26. The normalized spacial score (nSPS) is 14.4. The summed E-state index contributed by atoms with van der Waals surface area (Å²) in [5.74, 6) is -0.0405. The van der Waals surface area contributed by atoms with E-state index in [-0.39, 0.29) is 5.91 Å². The second-order valence-electron chi connectivity index (χ2n) is 6.41. The molecular weight excluding hydrogens is 455 g/mol. The van der Waals surface area contributed by atoms with Gasteiger partial charge in [0, 0.05) is 39.6 Å². The number of halogens is 1. The number of rotatable bonds is 3. The smallest absolute Gasteiger partial charge is 0.257 e.